The number of hydrogen-bond acceptors (Lipinski definition) is 5. The van der Waals surface area contributed by atoms with Crippen molar-refractivity contribution in [3.8, 4) is 0 Å². The summed E-state index contributed by atoms with van der Waals surface area (Å²) in [5.41, 5.74) is 2.37. The Morgan fingerprint density at radius 3 is 1.03 bits per heavy atom. The lowest BCUT2D eigenvalue weighted by Gasteiger charge is -2.26. The van der Waals surface area contributed by atoms with Crippen molar-refractivity contribution in [3.63, 3.8) is 0 Å². The van der Waals surface area contributed by atoms with E-state index in [1.54, 1.807) is 0 Å². The van der Waals surface area contributed by atoms with Crippen LogP contribution in [0.1, 0.15) is 331 Å². The van der Waals surface area contributed by atoms with E-state index in [1.807, 2.05) is 13.8 Å². The summed E-state index contributed by atoms with van der Waals surface area (Å²) in [4.78, 5) is 29.4. The average Bonchev–Trinajstić information content (AvgIpc) is 3.32. The number of rotatable bonds is 55. The molecule has 0 aliphatic rings. The molecule has 0 bridgehead atoms. The monoisotopic (exact) mass is 970 g/mol. The van der Waals surface area contributed by atoms with E-state index in [0.717, 1.165) is 44.2 Å². The Morgan fingerprint density at radius 2 is 0.667 bits per heavy atom. The molecule has 0 aliphatic carbocycles. The molecule has 0 aromatic heterocycles. The Kier molecular flexibility index (Phi) is 50.1. The van der Waals surface area contributed by atoms with Gasteiger partial charge in [0.05, 0.1) is 6.42 Å². The fraction of sp³-hybridized carbons (Fsp3) is 0.906. The molecule has 0 N–H and O–H groups in total. The first-order chi connectivity index (χ1) is 33.6. The van der Waals surface area contributed by atoms with Crippen LogP contribution in [-0.2, 0) is 19.1 Å². The van der Waals surface area contributed by atoms with Crippen LogP contribution in [0.4, 0.5) is 0 Å². The molecule has 0 aromatic rings. The molecule has 0 aliphatic heterocycles. The summed E-state index contributed by atoms with van der Waals surface area (Å²) < 4.78 is 11.9. The predicted molar refractivity (Wildman–Crippen MR) is 304 cm³/mol. The SMILES string of the molecule is C=C(CCN(CCCCCCCCC)CCCCCCCCC)C(CCCCCCCCC)CCC(=O)OC(C)CC(C)OC(=O)CC(=C)C(CCCCCCCCC)CCCCCCCCCC. The zero-order valence-electron chi connectivity index (χ0n) is 48.0. The summed E-state index contributed by atoms with van der Waals surface area (Å²) in [6, 6.07) is 0. The lowest BCUT2D eigenvalue weighted by atomic mass is 9.87. The summed E-state index contributed by atoms with van der Waals surface area (Å²) >= 11 is 0. The van der Waals surface area contributed by atoms with Crippen LogP contribution >= 0.6 is 0 Å². The fourth-order valence-electron chi connectivity index (χ4n) is 10.5. The van der Waals surface area contributed by atoms with Crippen molar-refractivity contribution in [1.82, 2.24) is 4.90 Å². The van der Waals surface area contributed by atoms with Gasteiger partial charge in [-0.1, -0.05) is 277 Å². The Morgan fingerprint density at radius 1 is 0.362 bits per heavy atom. The van der Waals surface area contributed by atoms with Gasteiger partial charge in [-0.3, -0.25) is 9.59 Å². The van der Waals surface area contributed by atoms with Crippen molar-refractivity contribution in [3.05, 3.63) is 24.3 Å². The molecular formula is C64H123NO4. The molecule has 0 fully saturated rings. The highest BCUT2D eigenvalue weighted by Crippen LogP contribution is 2.29. The summed E-state index contributed by atoms with van der Waals surface area (Å²) in [6.07, 6.45) is 53.4. The minimum absolute atomic E-state index is 0.138. The van der Waals surface area contributed by atoms with Crippen LogP contribution in [0, 0.1) is 11.8 Å². The number of ether oxygens (including phenoxy) is 2. The molecule has 5 heteroatoms. The second-order valence-electron chi connectivity index (χ2n) is 22.2. The van der Waals surface area contributed by atoms with Gasteiger partial charge in [-0.25, -0.2) is 0 Å². The maximum atomic E-state index is 13.4. The summed E-state index contributed by atoms with van der Waals surface area (Å²) in [7, 11) is 0. The van der Waals surface area contributed by atoms with Gasteiger partial charge < -0.3 is 14.4 Å². The highest BCUT2D eigenvalue weighted by Gasteiger charge is 2.22. The van der Waals surface area contributed by atoms with Gasteiger partial charge in [0.25, 0.3) is 0 Å². The molecule has 0 spiro atoms. The molecule has 0 heterocycles. The quantitative estimate of drug-likeness (QED) is 0.0345. The normalized spacial score (nSPS) is 13.4. The van der Waals surface area contributed by atoms with Crippen molar-refractivity contribution >= 4 is 11.9 Å². The van der Waals surface area contributed by atoms with Crippen molar-refractivity contribution in [2.75, 3.05) is 19.6 Å². The fourth-order valence-corrected chi connectivity index (χ4v) is 10.5. The number of unbranched alkanes of at least 4 members (excludes halogenated alkanes) is 31. The molecule has 0 rings (SSSR count). The Labute approximate surface area is 433 Å². The second-order valence-corrected chi connectivity index (χ2v) is 22.2. The average molecular weight is 971 g/mol. The third-order valence-electron chi connectivity index (χ3n) is 15.2. The van der Waals surface area contributed by atoms with Gasteiger partial charge >= 0.3 is 11.9 Å². The van der Waals surface area contributed by atoms with Crippen molar-refractivity contribution in [2.24, 2.45) is 11.8 Å². The van der Waals surface area contributed by atoms with E-state index in [9.17, 15) is 9.59 Å². The van der Waals surface area contributed by atoms with Gasteiger partial charge in [-0.15, -0.1) is 0 Å². The molecule has 5 nitrogen and oxygen atoms in total. The second kappa shape index (κ2) is 51.3. The zero-order chi connectivity index (χ0) is 50.8. The van der Waals surface area contributed by atoms with Gasteiger partial charge in [0.15, 0.2) is 0 Å². The van der Waals surface area contributed by atoms with E-state index in [0.29, 0.717) is 24.7 Å². The first-order valence-electron chi connectivity index (χ1n) is 31.1. The van der Waals surface area contributed by atoms with Crippen LogP contribution in [0.2, 0.25) is 0 Å². The number of carbonyl (C=O) groups excluding carboxylic acids is 2. The molecule has 4 atom stereocenters. The van der Waals surface area contributed by atoms with Gasteiger partial charge in [0.1, 0.15) is 12.2 Å². The molecule has 408 valence electrons. The minimum Gasteiger partial charge on any atom is -0.463 e. The van der Waals surface area contributed by atoms with Crippen molar-refractivity contribution in [1.29, 1.82) is 0 Å². The van der Waals surface area contributed by atoms with E-state index in [2.05, 4.69) is 46.1 Å². The molecule has 4 unspecified atom stereocenters. The molecular weight excluding hydrogens is 847 g/mol. The predicted octanol–water partition coefficient (Wildman–Crippen LogP) is 20.8. The number of nitrogens with zero attached hydrogens (tertiary/aromatic N) is 1. The maximum Gasteiger partial charge on any atom is 0.310 e. The number of carbonyl (C=O) groups is 2. The molecule has 69 heavy (non-hydrogen) atoms. The third-order valence-corrected chi connectivity index (χ3v) is 15.2. The van der Waals surface area contributed by atoms with Crippen molar-refractivity contribution in [2.45, 2.75) is 343 Å². The first kappa shape index (κ1) is 67.4. The Bertz CT molecular complexity index is 1130. The van der Waals surface area contributed by atoms with E-state index < -0.39 is 0 Å². The highest BCUT2D eigenvalue weighted by atomic mass is 16.6. The molecule has 0 saturated carbocycles. The van der Waals surface area contributed by atoms with E-state index >= 15 is 0 Å². The lowest BCUT2D eigenvalue weighted by molar-refractivity contribution is -0.153. The van der Waals surface area contributed by atoms with Crippen LogP contribution in [-0.4, -0.2) is 48.7 Å². The summed E-state index contributed by atoms with van der Waals surface area (Å²) in [6.45, 7) is 28.0. The van der Waals surface area contributed by atoms with Gasteiger partial charge in [0.2, 0.25) is 0 Å². The van der Waals surface area contributed by atoms with Gasteiger partial charge in [-0.2, -0.15) is 0 Å². The highest BCUT2D eigenvalue weighted by molar-refractivity contribution is 5.72. The molecule has 0 aromatic carbocycles. The Balaban J connectivity index is 5.26. The molecule has 0 radical (unpaired) electrons. The van der Waals surface area contributed by atoms with Gasteiger partial charge in [0, 0.05) is 19.4 Å². The number of hydrogen-bond donors (Lipinski definition) is 0. The van der Waals surface area contributed by atoms with Crippen LogP contribution < -0.4 is 0 Å². The van der Waals surface area contributed by atoms with Crippen LogP contribution in [0.3, 0.4) is 0 Å². The minimum atomic E-state index is -0.322. The van der Waals surface area contributed by atoms with Crippen LogP contribution in [0.25, 0.3) is 0 Å². The summed E-state index contributed by atoms with van der Waals surface area (Å²) in [5, 5.41) is 0. The van der Waals surface area contributed by atoms with Gasteiger partial charge in [-0.05, 0) is 83.7 Å². The lowest BCUT2D eigenvalue weighted by Crippen LogP contribution is -2.28. The number of esters is 2. The van der Waals surface area contributed by atoms with E-state index in [1.165, 1.54) is 250 Å². The smallest absolute Gasteiger partial charge is 0.310 e. The summed E-state index contributed by atoms with van der Waals surface area (Å²) in [5.74, 6) is 0.403. The van der Waals surface area contributed by atoms with Crippen molar-refractivity contribution < 1.29 is 19.1 Å². The van der Waals surface area contributed by atoms with Crippen LogP contribution in [0.5, 0.6) is 0 Å². The third kappa shape index (κ3) is 44.8. The van der Waals surface area contributed by atoms with E-state index in [-0.39, 0.29) is 30.6 Å². The molecule has 0 saturated heterocycles. The Hall–Kier alpha value is -1.62. The largest absolute Gasteiger partial charge is 0.463 e. The van der Waals surface area contributed by atoms with E-state index in [4.69, 9.17) is 16.1 Å². The maximum absolute atomic E-state index is 13.4. The zero-order valence-corrected chi connectivity index (χ0v) is 48.0. The molecule has 0 amide bonds. The first-order valence-corrected chi connectivity index (χ1v) is 31.1. The topological polar surface area (TPSA) is 55.8 Å². The van der Waals surface area contributed by atoms with Crippen LogP contribution in [0.15, 0.2) is 24.3 Å². The standard InChI is InChI=1S/C64H123NO4/c1-10-15-20-25-30-33-38-42-47-61(46-41-36-31-26-21-16-11-2)58(7)55-64(67)69-60(9)56-59(8)68-63(66)50-49-62(48-43-37-32-27-22-17-12-3)57(6)51-54-65(52-44-39-34-28-23-18-13-4)53-45-40-35-29-24-19-14-5/h59-62H,6-7,10-56H2,1-5,8-9H3.